The van der Waals surface area contributed by atoms with Crippen LogP contribution in [0.1, 0.15) is 27.7 Å². The molecule has 0 unspecified atom stereocenters. The van der Waals surface area contributed by atoms with Crippen LogP contribution in [0.15, 0.2) is 28.9 Å². The molecule has 9 nitrogen and oxygen atoms in total. The van der Waals surface area contributed by atoms with E-state index in [-0.39, 0.29) is 23.0 Å². The lowest BCUT2D eigenvalue weighted by Crippen LogP contribution is -2.41. The highest BCUT2D eigenvalue weighted by molar-refractivity contribution is 6.62. The minimum absolute atomic E-state index is 0.138. The highest BCUT2D eigenvalue weighted by Crippen LogP contribution is 2.36. The van der Waals surface area contributed by atoms with Crippen molar-refractivity contribution >= 4 is 35.4 Å². The number of hydrogen-bond acceptors (Lipinski definition) is 9. The van der Waals surface area contributed by atoms with Crippen LogP contribution in [0.2, 0.25) is 0 Å². The molecule has 2 N–H and O–H groups in total. The van der Waals surface area contributed by atoms with E-state index in [0.717, 1.165) is 5.46 Å². The van der Waals surface area contributed by atoms with E-state index in [1.807, 2.05) is 52.0 Å². The largest absolute Gasteiger partial charge is 0.494 e. The van der Waals surface area contributed by atoms with Crippen LogP contribution >= 0.6 is 0 Å². The summed E-state index contributed by atoms with van der Waals surface area (Å²) in [6.45, 7) is 8.02. The van der Waals surface area contributed by atoms with Gasteiger partial charge in [0.15, 0.2) is 5.82 Å². The smallest absolute Gasteiger partial charge is 0.491 e. The monoisotopic (exact) mass is 355 g/mol. The van der Waals surface area contributed by atoms with Gasteiger partial charge < -0.3 is 19.7 Å². The molecule has 1 aromatic carbocycles. The third-order valence-electron chi connectivity index (χ3n) is 4.77. The van der Waals surface area contributed by atoms with Gasteiger partial charge in [0.25, 0.3) is 5.88 Å². The van der Waals surface area contributed by atoms with Crippen LogP contribution in [0.3, 0.4) is 0 Å². The summed E-state index contributed by atoms with van der Waals surface area (Å²) in [4.78, 5) is 8.03. The Labute approximate surface area is 149 Å². The Hall–Kier alpha value is -2.72. The number of benzene rings is 1. The van der Waals surface area contributed by atoms with Crippen LogP contribution in [0.25, 0.3) is 11.3 Å². The first-order valence-corrected chi connectivity index (χ1v) is 8.17. The maximum absolute atomic E-state index is 10.0. The van der Waals surface area contributed by atoms with Gasteiger partial charge in [0.05, 0.1) is 11.2 Å². The number of nitrogens with zero attached hydrogens (tertiary/aromatic N) is 4. The Balaban J connectivity index is 1.61. The molecule has 0 saturated carbocycles. The van der Waals surface area contributed by atoms with Crippen LogP contribution < -0.4 is 10.8 Å². The Bertz CT molecular complexity index is 958. The Morgan fingerprint density at radius 2 is 1.65 bits per heavy atom. The van der Waals surface area contributed by atoms with E-state index < -0.39 is 18.3 Å². The van der Waals surface area contributed by atoms with Crippen molar-refractivity contribution in [3.05, 3.63) is 24.3 Å². The van der Waals surface area contributed by atoms with Gasteiger partial charge in [-0.25, -0.2) is 4.63 Å². The number of aromatic nitrogens is 4. The summed E-state index contributed by atoms with van der Waals surface area (Å²) in [6.07, 6.45) is 0. The van der Waals surface area contributed by atoms with E-state index in [4.69, 9.17) is 9.31 Å². The maximum Gasteiger partial charge on any atom is 0.494 e. The average molecular weight is 355 g/mol. The molecule has 1 aliphatic rings. The molecule has 1 fully saturated rings. The summed E-state index contributed by atoms with van der Waals surface area (Å²) in [6, 6.07) is 7.49. The van der Waals surface area contributed by atoms with Gasteiger partial charge in [0.2, 0.25) is 11.3 Å². The lowest BCUT2D eigenvalue weighted by molar-refractivity contribution is 0.00578. The number of fused-ring (bicyclic) bond motifs is 1. The van der Waals surface area contributed by atoms with Crippen molar-refractivity contribution < 1.29 is 19.0 Å². The molecule has 3 aromatic rings. The normalized spacial score (nSPS) is 18.4. The van der Waals surface area contributed by atoms with Crippen molar-refractivity contribution in [2.24, 2.45) is 0 Å². The maximum atomic E-state index is 10.0. The van der Waals surface area contributed by atoms with E-state index in [9.17, 15) is 5.11 Å². The fourth-order valence-corrected chi connectivity index (χ4v) is 2.59. The molecule has 0 aliphatic carbocycles. The fraction of sp³-hybridized carbons (Fsp3) is 0.375. The summed E-state index contributed by atoms with van der Waals surface area (Å²) in [5.41, 5.74) is 1.04. The van der Waals surface area contributed by atoms with E-state index in [2.05, 4.69) is 30.2 Å². The molecule has 0 spiro atoms. The zero-order valence-electron chi connectivity index (χ0n) is 14.8. The van der Waals surface area contributed by atoms with Crippen molar-refractivity contribution in [3.8, 4) is 5.88 Å². The lowest BCUT2D eigenvalue weighted by Gasteiger charge is -2.32. The first-order chi connectivity index (χ1) is 12.2. The standard InChI is InChI=1S/C16H18BN5O4/c1-15(2)16(3,4)25-17(24-15)9-6-5-7-10(8-9)18-13-14(23)20-12-11(19-13)21-26-22-12/h5-8H,1-4H3,(H,18,19,21)(H,20,22,23). The van der Waals surface area contributed by atoms with E-state index >= 15 is 0 Å². The molecule has 10 heteroatoms. The molecule has 0 amide bonds. The number of rotatable bonds is 3. The molecule has 1 saturated heterocycles. The Morgan fingerprint density at radius 3 is 2.35 bits per heavy atom. The van der Waals surface area contributed by atoms with Crippen molar-refractivity contribution in [2.75, 3.05) is 5.32 Å². The summed E-state index contributed by atoms with van der Waals surface area (Å²) in [5.74, 6) is -0.145. The van der Waals surface area contributed by atoms with Gasteiger partial charge in [-0.15, -0.1) is 0 Å². The van der Waals surface area contributed by atoms with Crippen LogP contribution in [0.4, 0.5) is 11.5 Å². The van der Waals surface area contributed by atoms with Crippen molar-refractivity contribution in [1.29, 1.82) is 0 Å². The van der Waals surface area contributed by atoms with Crippen molar-refractivity contribution in [3.63, 3.8) is 0 Å². The number of nitrogens with one attached hydrogen (secondary N) is 1. The second-order valence-electron chi connectivity index (χ2n) is 7.15. The summed E-state index contributed by atoms with van der Waals surface area (Å²) in [7, 11) is -0.483. The lowest BCUT2D eigenvalue weighted by atomic mass is 9.79. The number of anilines is 2. The van der Waals surface area contributed by atoms with Gasteiger partial charge in [0.1, 0.15) is 0 Å². The third kappa shape index (κ3) is 2.76. The van der Waals surface area contributed by atoms with E-state index in [1.165, 1.54) is 0 Å². The van der Waals surface area contributed by atoms with E-state index in [1.54, 1.807) is 0 Å². The quantitative estimate of drug-likeness (QED) is 0.678. The van der Waals surface area contributed by atoms with Crippen LogP contribution in [0, 0.1) is 0 Å². The van der Waals surface area contributed by atoms with Crippen LogP contribution in [0.5, 0.6) is 5.88 Å². The second kappa shape index (κ2) is 5.65. The molecule has 134 valence electrons. The van der Waals surface area contributed by atoms with Gasteiger partial charge in [-0.3, -0.25) is 0 Å². The van der Waals surface area contributed by atoms with Crippen LogP contribution in [-0.2, 0) is 9.31 Å². The van der Waals surface area contributed by atoms with Gasteiger partial charge in [0, 0.05) is 5.69 Å². The molecular formula is C16H18BN5O4. The predicted octanol–water partition coefficient (Wildman–Crippen LogP) is 1.76. The molecular weight excluding hydrogens is 337 g/mol. The number of hydrogen-bond donors (Lipinski definition) is 2. The van der Waals surface area contributed by atoms with Gasteiger partial charge in [-0.2, -0.15) is 9.97 Å². The highest BCUT2D eigenvalue weighted by Gasteiger charge is 2.51. The van der Waals surface area contributed by atoms with Gasteiger partial charge in [-0.05, 0) is 55.6 Å². The fourth-order valence-electron chi connectivity index (χ4n) is 2.59. The molecule has 2 aromatic heterocycles. The Kier molecular flexibility index (Phi) is 3.63. The first-order valence-electron chi connectivity index (χ1n) is 8.17. The minimum Gasteiger partial charge on any atom is -0.491 e. The third-order valence-corrected chi connectivity index (χ3v) is 4.77. The Morgan fingerprint density at radius 1 is 1.00 bits per heavy atom. The van der Waals surface area contributed by atoms with E-state index in [0.29, 0.717) is 5.69 Å². The van der Waals surface area contributed by atoms with Crippen molar-refractivity contribution in [1.82, 2.24) is 20.3 Å². The van der Waals surface area contributed by atoms with Crippen LogP contribution in [-0.4, -0.2) is 43.7 Å². The molecule has 26 heavy (non-hydrogen) atoms. The summed E-state index contributed by atoms with van der Waals surface area (Å²) in [5, 5.41) is 20.2. The molecule has 1 aliphatic heterocycles. The summed E-state index contributed by atoms with van der Waals surface area (Å²) >= 11 is 0. The highest BCUT2D eigenvalue weighted by atomic mass is 16.7. The molecule has 0 bridgehead atoms. The van der Waals surface area contributed by atoms with Gasteiger partial charge >= 0.3 is 7.12 Å². The van der Waals surface area contributed by atoms with Crippen molar-refractivity contribution in [2.45, 2.75) is 38.9 Å². The van der Waals surface area contributed by atoms with Gasteiger partial charge in [-0.1, -0.05) is 12.1 Å². The summed E-state index contributed by atoms with van der Waals surface area (Å²) < 4.78 is 16.7. The molecule has 3 heterocycles. The number of aromatic hydroxyl groups is 1. The minimum atomic E-state index is -0.483. The molecule has 0 atom stereocenters. The molecule has 4 rings (SSSR count). The second-order valence-corrected chi connectivity index (χ2v) is 7.15. The topological polar surface area (TPSA) is 115 Å². The average Bonchev–Trinajstić information content (AvgIpc) is 3.09. The predicted molar refractivity (Wildman–Crippen MR) is 94.5 cm³/mol. The molecule has 0 radical (unpaired) electrons. The zero-order chi connectivity index (χ0) is 18.5. The zero-order valence-corrected chi connectivity index (χ0v) is 14.8. The first kappa shape index (κ1) is 16.7. The SMILES string of the molecule is CC1(C)OB(c2cccc(Nc3nc4nonc4nc3O)c2)OC1(C)C.